The van der Waals surface area contributed by atoms with Gasteiger partial charge in [-0.1, -0.05) is 6.07 Å². The van der Waals surface area contributed by atoms with E-state index in [-0.39, 0.29) is 6.03 Å². The van der Waals surface area contributed by atoms with E-state index < -0.39 is 0 Å². The second kappa shape index (κ2) is 6.07. The minimum absolute atomic E-state index is 0.343. The summed E-state index contributed by atoms with van der Waals surface area (Å²) in [5.41, 5.74) is 3.81. The van der Waals surface area contributed by atoms with Gasteiger partial charge in [0.25, 0.3) is 0 Å². The molecule has 0 saturated carbocycles. The first-order valence-corrected chi connectivity index (χ1v) is 5.33. The van der Waals surface area contributed by atoms with Crippen LogP contribution >= 0.6 is 0 Å². The lowest BCUT2D eigenvalue weighted by atomic mass is 10.2. The number of nitrogens with one attached hydrogen (secondary N) is 2. The van der Waals surface area contributed by atoms with Crippen LogP contribution in [0.15, 0.2) is 18.2 Å². The first-order chi connectivity index (χ1) is 8.10. The minimum atomic E-state index is -0.343. The van der Waals surface area contributed by atoms with Crippen LogP contribution in [0.4, 0.5) is 10.5 Å². The lowest BCUT2D eigenvalue weighted by molar-refractivity contribution is 0.202. The van der Waals surface area contributed by atoms with Crippen molar-refractivity contribution in [3.8, 4) is 5.75 Å². The normalized spacial score (nSPS) is 9.88. The maximum Gasteiger partial charge on any atom is 0.337 e. The molecule has 0 unspecified atom stereocenters. The zero-order valence-corrected chi connectivity index (χ0v) is 10.3. The summed E-state index contributed by atoms with van der Waals surface area (Å²) < 4.78 is 5.44. The molecule has 0 heterocycles. The molecule has 6 nitrogen and oxygen atoms in total. The smallest absolute Gasteiger partial charge is 0.337 e. The fraction of sp³-hybridized carbons (Fsp3) is 0.364. The molecule has 0 bridgehead atoms. The zero-order valence-electron chi connectivity index (χ0n) is 10.3. The van der Waals surface area contributed by atoms with E-state index in [2.05, 4.69) is 10.9 Å². The van der Waals surface area contributed by atoms with Crippen molar-refractivity contribution in [1.82, 2.24) is 10.5 Å². The number of hydrogen-bond donors (Lipinski definition) is 3. The van der Waals surface area contributed by atoms with Gasteiger partial charge in [0.2, 0.25) is 0 Å². The van der Waals surface area contributed by atoms with Crippen LogP contribution in [-0.4, -0.2) is 24.7 Å². The molecule has 4 N–H and O–H groups in total. The van der Waals surface area contributed by atoms with Crippen molar-refractivity contribution in [1.29, 1.82) is 0 Å². The van der Waals surface area contributed by atoms with E-state index in [0.717, 1.165) is 16.3 Å². The Morgan fingerprint density at radius 1 is 1.53 bits per heavy atom. The van der Waals surface area contributed by atoms with Gasteiger partial charge in [-0.3, -0.25) is 5.84 Å². The predicted molar refractivity (Wildman–Crippen MR) is 66.5 cm³/mol. The summed E-state index contributed by atoms with van der Waals surface area (Å²) in [6, 6.07) is 5.15. The first-order valence-electron chi connectivity index (χ1n) is 5.33. The Morgan fingerprint density at radius 3 is 2.82 bits per heavy atom. The Morgan fingerprint density at radius 2 is 2.24 bits per heavy atom. The summed E-state index contributed by atoms with van der Waals surface area (Å²) in [6.45, 7) is 4.38. The molecular weight excluding hydrogens is 220 g/mol. The van der Waals surface area contributed by atoms with E-state index in [1.54, 1.807) is 6.07 Å². The van der Waals surface area contributed by atoms with Crippen molar-refractivity contribution in [2.45, 2.75) is 13.8 Å². The molecule has 0 radical (unpaired) electrons. The second-order valence-corrected chi connectivity index (χ2v) is 3.48. The van der Waals surface area contributed by atoms with E-state index in [1.165, 1.54) is 7.05 Å². The van der Waals surface area contributed by atoms with Crippen LogP contribution in [0.5, 0.6) is 5.75 Å². The molecule has 6 heteroatoms. The summed E-state index contributed by atoms with van der Waals surface area (Å²) in [4.78, 5) is 11.6. The number of amides is 2. The number of benzene rings is 1. The molecule has 17 heavy (non-hydrogen) atoms. The molecule has 0 aromatic heterocycles. The maximum absolute atomic E-state index is 11.6. The van der Waals surface area contributed by atoms with Crippen molar-refractivity contribution in [2.75, 3.05) is 19.0 Å². The van der Waals surface area contributed by atoms with Crippen molar-refractivity contribution in [2.24, 2.45) is 5.84 Å². The summed E-state index contributed by atoms with van der Waals surface area (Å²) in [6.07, 6.45) is 0. The second-order valence-electron chi connectivity index (χ2n) is 3.48. The number of hydrogen-bond acceptors (Lipinski definition) is 4. The highest BCUT2D eigenvalue weighted by Crippen LogP contribution is 2.25. The Kier molecular flexibility index (Phi) is 4.74. The molecule has 0 aliphatic heterocycles. The van der Waals surface area contributed by atoms with Gasteiger partial charge in [-0.25, -0.2) is 9.80 Å². The van der Waals surface area contributed by atoms with E-state index in [9.17, 15) is 4.79 Å². The molecule has 2 amide bonds. The van der Waals surface area contributed by atoms with Crippen LogP contribution < -0.4 is 21.4 Å². The van der Waals surface area contributed by atoms with Gasteiger partial charge >= 0.3 is 6.03 Å². The molecule has 1 aromatic carbocycles. The number of urea groups is 1. The number of carbonyl (C=O) groups excluding carboxylic acids is 1. The van der Waals surface area contributed by atoms with Crippen molar-refractivity contribution in [3.05, 3.63) is 23.8 Å². The quantitative estimate of drug-likeness (QED) is 0.544. The Balaban J connectivity index is 2.84. The van der Waals surface area contributed by atoms with E-state index in [4.69, 9.17) is 10.6 Å². The van der Waals surface area contributed by atoms with Gasteiger partial charge in [0.1, 0.15) is 5.75 Å². The van der Waals surface area contributed by atoms with E-state index in [1.807, 2.05) is 26.0 Å². The fourth-order valence-corrected chi connectivity index (χ4v) is 1.32. The number of ether oxygens (including phenoxy) is 1. The average molecular weight is 238 g/mol. The number of nitrogens with two attached hydrogens (primary N) is 1. The van der Waals surface area contributed by atoms with Crippen LogP contribution in [-0.2, 0) is 0 Å². The summed E-state index contributed by atoms with van der Waals surface area (Å²) >= 11 is 0. The molecule has 1 rings (SSSR count). The van der Waals surface area contributed by atoms with Crippen LogP contribution in [0.25, 0.3) is 0 Å². The van der Waals surface area contributed by atoms with Crippen LogP contribution in [0.2, 0.25) is 0 Å². The summed E-state index contributed by atoms with van der Waals surface area (Å²) in [7, 11) is 1.52. The van der Waals surface area contributed by atoms with Gasteiger partial charge in [0.15, 0.2) is 0 Å². The molecule has 0 fully saturated rings. The van der Waals surface area contributed by atoms with Crippen LogP contribution in [0.1, 0.15) is 12.5 Å². The highest BCUT2D eigenvalue weighted by atomic mass is 16.5. The molecule has 94 valence electrons. The highest BCUT2D eigenvalue weighted by Gasteiger charge is 2.10. The van der Waals surface area contributed by atoms with Gasteiger partial charge < -0.3 is 10.1 Å². The number of nitrogens with zero attached hydrogens (tertiary/aromatic N) is 1. The van der Waals surface area contributed by atoms with Gasteiger partial charge in [-0.2, -0.15) is 5.53 Å². The SMILES string of the molecule is CCOc1cccc(NC(=O)N(C)NN)c1C. The molecule has 0 atom stereocenters. The van der Waals surface area contributed by atoms with Crippen molar-refractivity contribution in [3.63, 3.8) is 0 Å². The third kappa shape index (κ3) is 3.33. The topological polar surface area (TPSA) is 79.6 Å². The maximum atomic E-state index is 11.6. The fourth-order valence-electron chi connectivity index (χ4n) is 1.32. The number of anilines is 1. The van der Waals surface area contributed by atoms with Gasteiger partial charge in [0.05, 0.1) is 6.61 Å². The highest BCUT2D eigenvalue weighted by molar-refractivity contribution is 5.90. The molecule has 0 saturated heterocycles. The lowest BCUT2D eigenvalue weighted by Crippen LogP contribution is -2.46. The largest absolute Gasteiger partial charge is 0.494 e. The Labute approximate surface area is 101 Å². The Bertz CT molecular complexity index is 395. The van der Waals surface area contributed by atoms with E-state index >= 15 is 0 Å². The molecule has 0 aliphatic carbocycles. The van der Waals surface area contributed by atoms with Gasteiger partial charge in [-0.05, 0) is 26.0 Å². The van der Waals surface area contributed by atoms with Crippen molar-refractivity contribution < 1.29 is 9.53 Å². The zero-order chi connectivity index (χ0) is 12.8. The standard InChI is InChI=1S/C11H18N4O2/c1-4-17-10-7-5-6-9(8(10)2)13-11(16)15(3)14-12/h5-7,14H,4,12H2,1-3H3,(H,13,16). The third-order valence-electron chi connectivity index (χ3n) is 2.32. The summed E-state index contributed by atoms with van der Waals surface area (Å²) in [5, 5.41) is 3.87. The molecular formula is C11H18N4O2. The molecule has 0 spiro atoms. The summed E-state index contributed by atoms with van der Waals surface area (Å²) in [5.74, 6) is 5.89. The van der Waals surface area contributed by atoms with Crippen molar-refractivity contribution >= 4 is 11.7 Å². The molecule has 1 aromatic rings. The number of hydrazine groups is 2. The number of carbonyl (C=O) groups is 1. The predicted octanol–water partition coefficient (Wildman–Crippen LogP) is 1.24. The van der Waals surface area contributed by atoms with Crippen LogP contribution in [0.3, 0.4) is 0 Å². The monoisotopic (exact) mass is 238 g/mol. The molecule has 0 aliphatic rings. The van der Waals surface area contributed by atoms with Gasteiger partial charge in [0, 0.05) is 18.3 Å². The first kappa shape index (κ1) is 13.3. The van der Waals surface area contributed by atoms with Gasteiger partial charge in [-0.15, -0.1) is 0 Å². The minimum Gasteiger partial charge on any atom is -0.494 e. The third-order valence-corrected chi connectivity index (χ3v) is 2.32. The lowest BCUT2D eigenvalue weighted by Gasteiger charge is -2.17. The van der Waals surface area contributed by atoms with Crippen LogP contribution in [0, 0.1) is 6.92 Å². The number of rotatable bonds is 4. The Hall–Kier alpha value is -1.79. The van der Waals surface area contributed by atoms with E-state index in [0.29, 0.717) is 12.3 Å². The average Bonchev–Trinajstić information content (AvgIpc) is 2.33.